The summed E-state index contributed by atoms with van der Waals surface area (Å²) in [6.45, 7) is 1.69. The fourth-order valence-electron chi connectivity index (χ4n) is 2.94. The van der Waals surface area contributed by atoms with Gasteiger partial charge in [-0.05, 0) is 24.6 Å². The summed E-state index contributed by atoms with van der Waals surface area (Å²) in [5.41, 5.74) is 2.78. The SMILES string of the molecule is O=C(O)c1n[nH]c2ccc(NCc3cnc4n3CCC4)cc12. The molecule has 0 bridgehead atoms. The Kier molecular flexibility index (Phi) is 2.85. The highest BCUT2D eigenvalue weighted by Gasteiger charge is 2.16. The Balaban J connectivity index is 1.58. The van der Waals surface area contributed by atoms with E-state index in [-0.39, 0.29) is 5.69 Å². The summed E-state index contributed by atoms with van der Waals surface area (Å²) < 4.78 is 2.24. The summed E-state index contributed by atoms with van der Waals surface area (Å²) in [5.74, 6) is 0.118. The minimum Gasteiger partial charge on any atom is -0.476 e. The molecule has 4 rings (SSSR count). The first-order valence-corrected chi connectivity index (χ1v) is 7.21. The second-order valence-electron chi connectivity index (χ2n) is 5.41. The van der Waals surface area contributed by atoms with Crippen LogP contribution in [0.2, 0.25) is 0 Å². The first-order valence-electron chi connectivity index (χ1n) is 7.21. The molecule has 0 atom stereocenters. The molecule has 0 saturated heterocycles. The lowest BCUT2D eigenvalue weighted by Crippen LogP contribution is -2.06. The molecule has 2 aromatic heterocycles. The second kappa shape index (κ2) is 4.87. The van der Waals surface area contributed by atoms with Crippen LogP contribution >= 0.6 is 0 Å². The Bertz CT molecular complexity index is 864. The predicted octanol–water partition coefficient (Wildman–Crippen LogP) is 2.02. The molecule has 0 saturated carbocycles. The van der Waals surface area contributed by atoms with Crippen molar-refractivity contribution in [3.05, 3.63) is 41.6 Å². The van der Waals surface area contributed by atoms with E-state index in [0.717, 1.165) is 36.6 Å². The van der Waals surface area contributed by atoms with Crippen LogP contribution in [0.3, 0.4) is 0 Å². The van der Waals surface area contributed by atoms with E-state index < -0.39 is 5.97 Å². The molecule has 1 aliphatic rings. The first-order chi connectivity index (χ1) is 10.7. The average Bonchev–Trinajstić information content (AvgIpc) is 3.20. The van der Waals surface area contributed by atoms with Crippen molar-refractivity contribution in [2.45, 2.75) is 25.9 Å². The molecule has 3 aromatic rings. The number of anilines is 1. The zero-order valence-corrected chi connectivity index (χ0v) is 11.8. The van der Waals surface area contributed by atoms with E-state index in [2.05, 4.69) is 25.1 Å². The number of hydrogen-bond acceptors (Lipinski definition) is 4. The molecule has 1 aliphatic heterocycles. The van der Waals surface area contributed by atoms with Gasteiger partial charge in [-0.1, -0.05) is 0 Å². The average molecular weight is 297 g/mol. The Labute approximate surface area is 126 Å². The molecule has 112 valence electrons. The number of carboxylic acids is 1. The largest absolute Gasteiger partial charge is 0.476 e. The molecule has 7 nitrogen and oxygen atoms in total. The number of carbonyl (C=O) groups is 1. The summed E-state index contributed by atoms with van der Waals surface area (Å²) in [6.07, 6.45) is 4.10. The van der Waals surface area contributed by atoms with Crippen LogP contribution in [-0.2, 0) is 19.5 Å². The molecule has 3 N–H and O–H groups in total. The summed E-state index contributed by atoms with van der Waals surface area (Å²) >= 11 is 0. The molecule has 7 heteroatoms. The van der Waals surface area contributed by atoms with E-state index in [4.69, 9.17) is 5.11 Å². The van der Waals surface area contributed by atoms with Gasteiger partial charge >= 0.3 is 5.97 Å². The highest BCUT2D eigenvalue weighted by molar-refractivity contribution is 6.01. The summed E-state index contributed by atoms with van der Waals surface area (Å²) in [4.78, 5) is 15.6. The zero-order valence-electron chi connectivity index (χ0n) is 11.8. The number of hydrogen-bond donors (Lipinski definition) is 3. The number of aromatic amines is 1. The van der Waals surface area contributed by atoms with Gasteiger partial charge in [-0.3, -0.25) is 5.10 Å². The number of aromatic carboxylic acids is 1. The number of benzene rings is 1. The van der Waals surface area contributed by atoms with E-state index in [1.807, 2.05) is 24.4 Å². The molecule has 1 aromatic carbocycles. The van der Waals surface area contributed by atoms with Crippen LogP contribution in [0, 0.1) is 0 Å². The molecule has 3 heterocycles. The third-order valence-electron chi connectivity index (χ3n) is 4.04. The van der Waals surface area contributed by atoms with Gasteiger partial charge in [0.05, 0.1) is 24.0 Å². The predicted molar refractivity (Wildman–Crippen MR) is 80.9 cm³/mol. The topological polar surface area (TPSA) is 95.8 Å². The minimum atomic E-state index is -1.03. The van der Waals surface area contributed by atoms with Gasteiger partial charge in [-0.2, -0.15) is 5.10 Å². The van der Waals surface area contributed by atoms with Gasteiger partial charge < -0.3 is 15.0 Å². The fraction of sp³-hybridized carbons (Fsp3) is 0.267. The van der Waals surface area contributed by atoms with Crippen LogP contribution in [0.5, 0.6) is 0 Å². The zero-order chi connectivity index (χ0) is 15.1. The Hall–Kier alpha value is -2.83. The van der Waals surface area contributed by atoms with Crippen LogP contribution < -0.4 is 5.32 Å². The third-order valence-corrected chi connectivity index (χ3v) is 4.04. The molecule has 0 fully saturated rings. The normalized spacial score (nSPS) is 13.5. The maximum absolute atomic E-state index is 11.1. The van der Waals surface area contributed by atoms with Crippen molar-refractivity contribution in [3.63, 3.8) is 0 Å². The third kappa shape index (κ3) is 2.02. The number of H-pyrrole nitrogens is 1. The number of fused-ring (bicyclic) bond motifs is 2. The quantitative estimate of drug-likeness (QED) is 0.684. The highest BCUT2D eigenvalue weighted by Crippen LogP contribution is 2.22. The summed E-state index contributed by atoms with van der Waals surface area (Å²) in [6, 6.07) is 5.55. The lowest BCUT2D eigenvalue weighted by molar-refractivity contribution is 0.0692. The van der Waals surface area contributed by atoms with Crippen molar-refractivity contribution >= 4 is 22.6 Å². The number of rotatable bonds is 4. The smallest absolute Gasteiger partial charge is 0.357 e. The van der Waals surface area contributed by atoms with Gasteiger partial charge in [0.25, 0.3) is 0 Å². The van der Waals surface area contributed by atoms with Crippen molar-refractivity contribution in [2.75, 3.05) is 5.32 Å². The standard InChI is InChI=1S/C15H15N5O2/c21-15(22)14-11-6-9(3-4-12(11)18-19-14)16-7-10-8-17-13-2-1-5-20(10)13/h3-4,6,8,16H,1-2,5,7H2,(H,18,19)(H,21,22). The van der Waals surface area contributed by atoms with Crippen molar-refractivity contribution in [1.29, 1.82) is 0 Å². The number of nitrogens with zero attached hydrogens (tertiary/aromatic N) is 3. The lowest BCUT2D eigenvalue weighted by atomic mass is 10.2. The molecule has 22 heavy (non-hydrogen) atoms. The molecular formula is C15H15N5O2. The highest BCUT2D eigenvalue weighted by atomic mass is 16.4. The van der Waals surface area contributed by atoms with Gasteiger partial charge in [-0.15, -0.1) is 0 Å². The number of nitrogens with one attached hydrogen (secondary N) is 2. The van der Waals surface area contributed by atoms with Crippen molar-refractivity contribution in [1.82, 2.24) is 19.7 Å². The van der Waals surface area contributed by atoms with E-state index in [9.17, 15) is 4.79 Å². The van der Waals surface area contributed by atoms with Crippen LogP contribution in [0.1, 0.15) is 28.4 Å². The van der Waals surface area contributed by atoms with Gasteiger partial charge in [0.2, 0.25) is 0 Å². The molecule has 0 unspecified atom stereocenters. The maximum atomic E-state index is 11.1. The molecule has 0 radical (unpaired) electrons. The monoisotopic (exact) mass is 297 g/mol. The summed E-state index contributed by atoms with van der Waals surface area (Å²) in [7, 11) is 0. The van der Waals surface area contributed by atoms with Crippen LogP contribution in [0.15, 0.2) is 24.4 Å². The van der Waals surface area contributed by atoms with Crippen molar-refractivity contribution in [2.24, 2.45) is 0 Å². The Morgan fingerprint density at radius 3 is 3.23 bits per heavy atom. The van der Waals surface area contributed by atoms with Gasteiger partial charge in [0.15, 0.2) is 5.69 Å². The fourth-order valence-corrected chi connectivity index (χ4v) is 2.94. The molecular weight excluding hydrogens is 282 g/mol. The number of aromatic nitrogens is 4. The van der Waals surface area contributed by atoms with E-state index in [0.29, 0.717) is 17.4 Å². The molecule has 0 spiro atoms. The van der Waals surface area contributed by atoms with E-state index >= 15 is 0 Å². The van der Waals surface area contributed by atoms with Crippen molar-refractivity contribution < 1.29 is 9.90 Å². The Morgan fingerprint density at radius 1 is 1.45 bits per heavy atom. The lowest BCUT2D eigenvalue weighted by Gasteiger charge is -2.08. The van der Waals surface area contributed by atoms with Crippen LogP contribution in [0.4, 0.5) is 5.69 Å². The second-order valence-corrected chi connectivity index (χ2v) is 5.41. The molecule has 0 amide bonds. The molecule has 0 aliphatic carbocycles. The van der Waals surface area contributed by atoms with E-state index in [1.165, 1.54) is 0 Å². The summed E-state index contributed by atoms with van der Waals surface area (Å²) in [5, 5.41) is 19.6. The van der Waals surface area contributed by atoms with Gasteiger partial charge in [0.1, 0.15) is 5.82 Å². The van der Waals surface area contributed by atoms with Gasteiger partial charge in [0, 0.05) is 24.0 Å². The van der Waals surface area contributed by atoms with E-state index in [1.54, 1.807) is 0 Å². The van der Waals surface area contributed by atoms with Gasteiger partial charge in [-0.25, -0.2) is 9.78 Å². The maximum Gasteiger partial charge on any atom is 0.357 e. The number of aryl methyl sites for hydroxylation is 1. The number of imidazole rings is 1. The Morgan fingerprint density at radius 2 is 2.36 bits per heavy atom. The minimum absolute atomic E-state index is 0.0453. The first kappa shape index (κ1) is 12.9. The van der Waals surface area contributed by atoms with Crippen LogP contribution in [0.25, 0.3) is 10.9 Å². The number of carboxylic acid groups (broad SMARTS) is 1. The van der Waals surface area contributed by atoms with Crippen LogP contribution in [-0.4, -0.2) is 30.8 Å². The van der Waals surface area contributed by atoms with Crippen molar-refractivity contribution in [3.8, 4) is 0 Å².